The van der Waals surface area contributed by atoms with Crippen molar-refractivity contribution in [3.63, 3.8) is 0 Å². The molecule has 3 heterocycles. The van der Waals surface area contributed by atoms with Gasteiger partial charge in [0.25, 0.3) is 11.8 Å². The summed E-state index contributed by atoms with van der Waals surface area (Å²) in [4.78, 5) is 113. The fourth-order valence-electron chi connectivity index (χ4n) is 10.0. The highest BCUT2D eigenvalue weighted by atomic mass is 16.4. The molecule has 1 aromatic rings. The summed E-state index contributed by atoms with van der Waals surface area (Å²) < 4.78 is 0. The second-order valence-corrected chi connectivity index (χ2v) is 21.2. The number of hydrogen-bond acceptors (Lipinski definition) is 17. The summed E-state index contributed by atoms with van der Waals surface area (Å²) in [5.74, 6) is -10.2. The molecule has 16 N–H and O–H groups in total. The molecule has 3 fully saturated rings. The minimum Gasteiger partial charge on any atom is -0.508 e. The average Bonchev–Trinajstić information content (AvgIpc) is 3.86. The monoisotopic (exact) mass is 1080 g/mol. The quantitative estimate of drug-likeness (QED) is 0.0570. The van der Waals surface area contributed by atoms with Crippen molar-refractivity contribution in [2.24, 2.45) is 23.5 Å². The number of carbonyl (C=O) groups excluding carboxylic acids is 8. The Labute approximate surface area is 442 Å². The third-order valence-electron chi connectivity index (χ3n) is 14.7. The molecule has 3 aliphatic heterocycles. The molecule has 0 bridgehead atoms. The van der Waals surface area contributed by atoms with E-state index in [-0.39, 0.29) is 17.7 Å². The Kier molecular flexibility index (Phi) is 23.8. The number of fused-ring (bicyclic) bond motifs is 2. The summed E-state index contributed by atoms with van der Waals surface area (Å²) in [5, 5.41) is 111. The van der Waals surface area contributed by atoms with Crippen molar-refractivity contribution in [3.8, 4) is 5.75 Å². The molecule has 25 heteroatoms. The maximum Gasteiger partial charge on any atom is 0.278 e. The average molecular weight is 1080 g/mol. The number of carbonyl (C=O) groups is 8. The maximum absolute atomic E-state index is 14.6. The van der Waals surface area contributed by atoms with Crippen LogP contribution in [0.1, 0.15) is 124 Å². The first-order chi connectivity index (χ1) is 35.7. The van der Waals surface area contributed by atoms with Crippen LogP contribution >= 0.6 is 0 Å². The van der Waals surface area contributed by atoms with Gasteiger partial charge in [-0.05, 0) is 49.3 Å². The number of nitrogens with one attached hydrogen (secondary N) is 5. The Morgan fingerprint density at radius 3 is 1.99 bits per heavy atom. The predicted octanol–water partition coefficient (Wildman–Crippen LogP) is -3.27. The van der Waals surface area contributed by atoms with Gasteiger partial charge in [-0.2, -0.15) is 0 Å². The van der Waals surface area contributed by atoms with Crippen LogP contribution in [0, 0.1) is 17.8 Å². The van der Waals surface area contributed by atoms with E-state index in [9.17, 15) is 84.3 Å². The summed E-state index contributed by atoms with van der Waals surface area (Å²) >= 11 is 0. The van der Waals surface area contributed by atoms with Gasteiger partial charge in [-0.1, -0.05) is 84.8 Å². The van der Waals surface area contributed by atoms with Crippen molar-refractivity contribution in [2.75, 3.05) is 13.1 Å². The first-order valence-electron chi connectivity index (χ1n) is 26.4. The number of hydrogen-bond donors (Lipinski definition) is 15. The van der Waals surface area contributed by atoms with Gasteiger partial charge >= 0.3 is 0 Å². The summed E-state index contributed by atoms with van der Waals surface area (Å²) in [6.45, 7) is 7.83. The fourth-order valence-corrected chi connectivity index (χ4v) is 10.0. The van der Waals surface area contributed by atoms with E-state index in [0.717, 1.165) is 50.3 Å². The van der Waals surface area contributed by atoms with Gasteiger partial charge < -0.3 is 88.1 Å². The molecule has 0 spiro atoms. The van der Waals surface area contributed by atoms with Gasteiger partial charge in [-0.3, -0.25) is 38.4 Å². The molecule has 76 heavy (non-hydrogen) atoms. The molecule has 0 saturated carbocycles. The van der Waals surface area contributed by atoms with Crippen LogP contribution in [0.3, 0.4) is 0 Å². The molecule has 3 saturated heterocycles. The van der Waals surface area contributed by atoms with Crippen molar-refractivity contribution in [2.45, 2.75) is 203 Å². The lowest BCUT2D eigenvalue weighted by atomic mass is 9.91. The first-order valence-corrected chi connectivity index (χ1v) is 26.4. The van der Waals surface area contributed by atoms with Gasteiger partial charge in [0.2, 0.25) is 41.2 Å². The SMILES string of the molecule is CCC(C)CC(C)CCCCCCCCC(=O)N[C@H]1C[C@@H](O)[C@@H](O)NC(=O)[C@]2(O)[C@@H](O)[C@@H](C)CN2C(=O)[C@H]([C@H](O)CC(N)=O)NC(=O)[C@H]([C@H](O)Cc2ccc(O)cc2)NC(=O)[C@@H]2C[C@@H](O)CN2C(=O)[C@H]([C@@H](C)O)NC1=O. The minimum atomic E-state index is -3.37. The molecule has 0 aliphatic carbocycles. The van der Waals surface area contributed by atoms with Crippen molar-refractivity contribution < 1.29 is 84.3 Å². The number of nitrogens with zero attached hydrogens (tertiary/aromatic N) is 2. The number of nitrogens with two attached hydrogens (primary N) is 1. The lowest BCUT2D eigenvalue weighted by molar-refractivity contribution is -0.189. The number of rotatable bonds is 20. The number of amides is 8. The molecule has 4 rings (SSSR count). The van der Waals surface area contributed by atoms with Crippen molar-refractivity contribution >= 4 is 47.3 Å². The molecule has 3 aliphatic rings. The minimum absolute atomic E-state index is 0.101. The Bertz CT molecular complexity index is 2150. The van der Waals surface area contributed by atoms with Crippen LogP contribution in [-0.4, -0.2) is 195 Å². The molecular formula is C51H82N8O17. The Hall–Kier alpha value is -5.54. The standard InChI is InChI=1S/C51H82N8O17/c1-6-26(2)19-27(3)13-11-9-7-8-10-12-14-39(67)53-33-22-37(65)46(71)57-50(75)51(76)43(68)28(4)24-59(51)49(74)42(36(64)23-38(52)66)56-47(72)41(35(63)20-30-15-17-31(61)18-16-30)55-45(70)34-21-32(62)25-58(34)48(73)40(29(5)60)54-44(33)69/h15-18,26-29,32-37,40-43,46,60-65,68,71,76H,6-14,19-25H2,1-5H3,(H2,52,66)(H,53,67)(H,54,69)(H,55,70)(H,56,72)(H,57,75)/t26?,27?,28-,29+,32+,33-,34-,35+,36+,37+,40-,41-,42-,43-,46+,51+/m0/s1. The zero-order chi connectivity index (χ0) is 56.8. The number of phenolic OH excluding ortho intramolecular Hbond substituents is 1. The van der Waals surface area contributed by atoms with E-state index in [1.807, 2.05) is 5.32 Å². The lowest BCUT2D eigenvalue weighted by Crippen LogP contribution is -2.68. The Morgan fingerprint density at radius 1 is 0.763 bits per heavy atom. The van der Waals surface area contributed by atoms with Crippen LogP contribution < -0.4 is 32.3 Å². The number of primary amides is 1. The zero-order valence-electron chi connectivity index (χ0n) is 44.0. The fraction of sp³-hybridized carbons (Fsp3) is 0.725. The zero-order valence-corrected chi connectivity index (χ0v) is 44.0. The van der Waals surface area contributed by atoms with E-state index in [0.29, 0.717) is 29.6 Å². The molecule has 0 radical (unpaired) electrons. The van der Waals surface area contributed by atoms with E-state index in [4.69, 9.17) is 5.73 Å². The van der Waals surface area contributed by atoms with Gasteiger partial charge in [0.15, 0.2) is 6.23 Å². The number of phenols is 1. The highest BCUT2D eigenvalue weighted by molar-refractivity contribution is 5.99. The van der Waals surface area contributed by atoms with E-state index >= 15 is 0 Å². The maximum atomic E-state index is 14.6. The third kappa shape index (κ3) is 17.0. The van der Waals surface area contributed by atoms with Crippen LogP contribution in [0.4, 0.5) is 0 Å². The highest BCUT2D eigenvalue weighted by Gasteiger charge is 2.60. The smallest absolute Gasteiger partial charge is 0.278 e. The summed E-state index contributed by atoms with van der Waals surface area (Å²) in [7, 11) is 0. The van der Waals surface area contributed by atoms with Gasteiger partial charge in [0.1, 0.15) is 48.2 Å². The van der Waals surface area contributed by atoms with Gasteiger partial charge in [-0.25, -0.2) is 0 Å². The second kappa shape index (κ2) is 28.7. The predicted molar refractivity (Wildman–Crippen MR) is 270 cm³/mol. The summed E-state index contributed by atoms with van der Waals surface area (Å²) in [6.07, 6.45) is -8.82. The molecule has 2 unspecified atom stereocenters. The van der Waals surface area contributed by atoms with Crippen LogP contribution in [0.5, 0.6) is 5.75 Å². The van der Waals surface area contributed by atoms with E-state index in [1.165, 1.54) is 37.6 Å². The largest absolute Gasteiger partial charge is 0.508 e. The van der Waals surface area contributed by atoms with E-state index < -0.39 is 171 Å². The molecular weight excluding hydrogens is 997 g/mol. The van der Waals surface area contributed by atoms with Crippen LogP contribution in [0.15, 0.2) is 24.3 Å². The molecule has 16 atom stereocenters. The number of unbranched alkanes of at least 4 members (excludes halogenated alkanes) is 5. The molecule has 1 aromatic carbocycles. The van der Waals surface area contributed by atoms with E-state index in [1.54, 1.807) is 0 Å². The second-order valence-electron chi connectivity index (χ2n) is 21.2. The Balaban J connectivity index is 1.72. The lowest BCUT2D eigenvalue weighted by Gasteiger charge is -2.38. The van der Waals surface area contributed by atoms with Crippen LogP contribution in [0.25, 0.3) is 0 Å². The van der Waals surface area contributed by atoms with Crippen molar-refractivity contribution in [1.82, 2.24) is 36.4 Å². The topological polar surface area (TPSA) is 411 Å². The van der Waals surface area contributed by atoms with Gasteiger partial charge in [0, 0.05) is 44.7 Å². The van der Waals surface area contributed by atoms with Crippen LogP contribution in [-0.2, 0) is 44.8 Å². The normalized spacial score (nSPS) is 30.3. The molecule has 8 amide bonds. The van der Waals surface area contributed by atoms with Crippen molar-refractivity contribution in [3.05, 3.63) is 29.8 Å². The molecule has 0 aromatic heterocycles. The number of aliphatic hydroxyl groups is 8. The molecule has 25 nitrogen and oxygen atoms in total. The Morgan fingerprint density at radius 2 is 1.37 bits per heavy atom. The van der Waals surface area contributed by atoms with Gasteiger partial charge in [0.05, 0.1) is 30.8 Å². The number of benzene rings is 1. The summed E-state index contributed by atoms with van der Waals surface area (Å²) in [5.41, 5.74) is 2.26. The summed E-state index contributed by atoms with van der Waals surface area (Å²) in [6, 6.07) is -4.69. The van der Waals surface area contributed by atoms with Crippen LogP contribution in [0.2, 0.25) is 0 Å². The highest BCUT2D eigenvalue weighted by Crippen LogP contribution is 2.34. The first kappa shape index (κ1) is 63.0. The van der Waals surface area contributed by atoms with E-state index in [2.05, 4.69) is 42.0 Å². The number of aromatic hydroxyl groups is 1. The van der Waals surface area contributed by atoms with Crippen molar-refractivity contribution in [1.29, 1.82) is 0 Å². The molecule has 428 valence electrons. The third-order valence-corrected chi connectivity index (χ3v) is 14.7. The number of aliphatic hydroxyl groups excluding tert-OH is 7. The van der Waals surface area contributed by atoms with Gasteiger partial charge in [-0.15, -0.1) is 0 Å².